The summed E-state index contributed by atoms with van der Waals surface area (Å²) in [7, 11) is 0. The van der Waals surface area contributed by atoms with Gasteiger partial charge >= 0.3 is 6.18 Å². The van der Waals surface area contributed by atoms with Crippen LogP contribution < -0.4 is 0 Å². The number of halogens is 3. The topological polar surface area (TPSA) is 27.0 Å². The standard InChI is InChI=1S/C27H33F3N2/c1-2-18-32(20-22-11-4-3-5-12-22)19-10-17-26(21-31,23-13-6-7-14-23)24-15-8-9-16-25(24)27(28,29)30/h3-5,8-9,11-12,15-16,23H,2,6-7,10,13-14,17-20H2,1H3. The summed E-state index contributed by atoms with van der Waals surface area (Å²) in [6.07, 6.45) is 1.31. The van der Waals surface area contributed by atoms with Crippen LogP contribution in [0.25, 0.3) is 0 Å². The maximum absolute atomic E-state index is 13.9. The third-order valence-corrected chi connectivity index (χ3v) is 6.80. The van der Waals surface area contributed by atoms with Crippen LogP contribution in [0.15, 0.2) is 54.6 Å². The Bertz CT molecular complexity index is 882. The summed E-state index contributed by atoms with van der Waals surface area (Å²) >= 11 is 0. The van der Waals surface area contributed by atoms with Crippen LogP contribution in [-0.2, 0) is 18.1 Å². The normalized spacial score (nSPS) is 16.8. The Labute approximate surface area is 190 Å². The van der Waals surface area contributed by atoms with Gasteiger partial charge in [0.25, 0.3) is 0 Å². The van der Waals surface area contributed by atoms with Crippen molar-refractivity contribution in [1.29, 1.82) is 5.26 Å². The van der Waals surface area contributed by atoms with Gasteiger partial charge in [0, 0.05) is 6.54 Å². The van der Waals surface area contributed by atoms with Gasteiger partial charge in [-0.2, -0.15) is 18.4 Å². The van der Waals surface area contributed by atoms with Crippen molar-refractivity contribution in [2.75, 3.05) is 13.1 Å². The highest BCUT2D eigenvalue weighted by Crippen LogP contribution is 2.48. The largest absolute Gasteiger partial charge is 0.416 e. The molecule has 1 fully saturated rings. The lowest BCUT2D eigenvalue weighted by Gasteiger charge is -2.36. The van der Waals surface area contributed by atoms with Gasteiger partial charge in [0.05, 0.1) is 17.0 Å². The van der Waals surface area contributed by atoms with Crippen molar-refractivity contribution in [3.8, 4) is 6.07 Å². The number of rotatable bonds is 10. The third kappa shape index (κ3) is 5.72. The van der Waals surface area contributed by atoms with Gasteiger partial charge < -0.3 is 0 Å². The molecule has 1 atom stereocenters. The fourth-order valence-electron chi connectivity index (χ4n) is 5.31. The predicted molar refractivity (Wildman–Crippen MR) is 122 cm³/mol. The second-order valence-corrected chi connectivity index (χ2v) is 8.97. The van der Waals surface area contributed by atoms with Gasteiger partial charge in [0.1, 0.15) is 0 Å². The number of nitrogens with zero attached hydrogens (tertiary/aromatic N) is 2. The molecule has 0 aliphatic heterocycles. The molecule has 0 N–H and O–H groups in total. The van der Waals surface area contributed by atoms with Gasteiger partial charge in [-0.25, -0.2) is 0 Å². The highest BCUT2D eigenvalue weighted by molar-refractivity contribution is 5.42. The first-order chi connectivity index (χ1) is 15.4. The second-order valence-electron chi connectivity index (χ2n) is 8.97. The molecular weight excluding hydrogens is 409 g/mol. The number of hydrogen-bond acceptors (Lipinski definition) is 2. The van der Waals surface area contributed by atoms with E-state index in [9.17, 15) is 18.4 Å². The maximum atomic E-state index is 13.9. The Kier molecular flexibility index (Phi) is 8.37. The molecule has 32 heavy (non-hydrogen) atoms. The molecule has 1 saturated carbocycles. The average Bonchev–Trinajstić information content (AvgIpc) is 3.33. The highest BCUT2D eigenvalue weighted by Gasteiger charge is 2.46. The molecule has 0 radical (unpaired) electrons. The van der Waals surface area contributed by atoms with Crippen LogP contribution in [0.4, 0.5) is 13.2 Å². The average molecular weight is 443 g/mol. The Morgan fingerprint density at radius 1 is 0.938 bits per heavy atom. The second kappa shape index (κ2) is 11.0. The van der Waals surface area contributed by atoms with Crippen LogP contribution in [0.3, 0.4) is 0 Å². The lowest BCUT2D eigenvalue weighted by atomic mass is 9.66. The molecule has 2 aromatic carbocycles. The number of hydrogen-bond donors (Lipinski definition) is 0. The van der Waals surface area contributed by atoms with Crippen LogP contribution in [-0.4, -0.2) is 18.0 Å². The Balaban J connectivity index is 1.84. The molecule has 1 aliphatic carbocycles. The molecule has 2 aromatic rings. The molecule has 5 heteroatoms. The zero-order valence-electron chi connectivity index (χ0n) is 18.9. The van der Waals surface area contributed by atoms with E-state index in [4.69, 9.17) is 0 Å². The van der Waals surface area contributed by atoms with E-state index in [2.05, 4.69) is 30.0 Å². The van der Waals surface area contributed by atoms with Crippen molar-refractivity contribution in [3.63, 3.8) is 0 Å². The molecule has 3 rings (SSSR count). The molecule has 172 valence electrons. The van der Waals surface area contributed by atoms with Gasteiger partial charge in [0.15, 0.2) is 0 Å². The number of benzene rings is 2. The van der Waals surface area contributed by atoms with E-state index in [1.165, 1.54) is 17.7 Å². The lowest BCUT2D eigenvalue weighted by Crippen LogP contribution is -2.36. The van der Waals surface area contributed by atoms with Crippen molar-refractivity contribution >= 4 is 0 Å². The van der Waals surface area contributed by atoms with E-state index in [1.807, 2.05) is 18.2 Å². The molecule has 0 bridgehead atoms. The van der Waals surface area contributed by atoms with Gasteiger partial charge in [0.2, 0.25) is 0 Å². The monoisotopic (exact) mass is 442 g/mol. The summed E-state index contributed by atoms with van der Waals surface area (Å²) in [5.74, 6) is -0.0234. The van der Waals surface area contributed by atoms with Crippen molar-refractivity contribution in [3.05, 3.63) is 71.3 Å². The molecule has 1 unspecified atom stereocenters. The summed E-state index contributed by atoms with van der Waals surface area (Å²) in [6, 6.07) is 18.4. The summed E-state index contributed by atoms with van der Waals surface area (Å²) in [6.45, 7) is 4.65. The van der Waals surface area contributed by atoms with E-state index in [1.54, 1.807) is 6.07 Å². The molecule has 0 amide bonds. The van der Waals surface area contributed by atoms with Crippen molar-refractivity contribution in [1.82, 2.24) is 4.90 Å². The van der Waals surface area contributed by atoms with E-state index in [0.717, 1.165) is 57.8 Å². The number of alkyl halides is 3. The third-order valence-electron chi connectivity index (χ3n) is 6.80. The highest BCUT2D eigenvalue weighted by atomic mass is 19.4. The van der Waals surface area contributed by atoms with Gasteiger partial charge in [-0.15, -0.1) is 0 Å². The Morgan fingerprint density at radius 3 is 2.16 bits per heavy atom. The van der Waals surface area contributed by atoms with Gasteiger partial charge in [-0.1, -0.05) is 68.3 Å². The van der Waals surface area contributed by atoms with Crippen LogP contribution in [0.2, 0.25) is 0 Å². The van der Waals surface area contributed by atoms with Gasteiger partial charge in [-0.05, 0) is 68.3 Å². The quantitative estimate of drug-likeness (QED) is 0.385. The van der Waals surface area contributed by atoms with Crippen LogP contribution in [0.1, 0.15) is 68.6 Å². The minimum atomic E-state index is -4.46. The first-order valence-electron chi connectivity index (χ1n) is 11.7. The van der Waals surface area contributed by atoms with Crippen molar-refractivity contribution < 1.29 is 13.2 Å². The smallest absolute Gasteiger partial charge is 0.299 e. The fraction of sp³-hybridized carbons (Fsp3) is 0.519. The molecular formula is C27H33F3N2. The SMILES string of the molecule is CCCN(CCCC(C#N)(c1ccccc1C(F)(F)F)C1CCCC1)Cc1ccccc1. The van der Waals surface area contributed by atoms with Gasteiger partial charge in [-0.3, -0.25) is 4.90 Å². The van der Waals surface area contributed by atoms with E-state index in [0.29, 0.717) is 12.8 Å². The molecule has 1 aliphatic rings. The predicted octanol–water partition coefficient (Wildman–Crippen LogP) is 7.35. The zero-order valence-corrected chi connectivity index (χ0v) is 18.9. The van der Waals surface area contributed by atoms with Crippen LogP contribution >= 0.6 is 0 Å². The first kappa shape index (κ1) is 24.3. The summed E-state index contributed by atoms with van der Waals surface area (Å²) in [4.78, 5) is 2.35. The molecule has 2 nitrogen and oxygen atoms in total. The van der Waals surface area contributed by atoms with Crippen LogP contribution in [0, 0.1) is 17.2 Å². The molecule has 0 aromatic heterocycles. The summed E-state index contributed by atoms with van der Waals surface area (Å²) in [5, 5.41) is 10.4. The van der Waals surface area contributed by atoms with E-state index in [-0.39, 0.29) is 11.5 Å². The van der Waals surface area contributed by atoms with Crippen molar-refractivity contribution in [2.24, 2.45) is 5.92 Å². The maximum Gasteiger partial charge on any atom is 0.416 e. The molecule has 0 spiro atoms. The molecule has 0 heterocycles. The van der Waals surface area contributed by atoms with E-state index < -0.39 is 17.2 Å². The van der Waals surface area contributed by atoms with Crippen LogP contribution in [0.5, 0.6) is 0 Å². The first-order valence-corrected chi connectivity index (χ1v) is 11.7. The molecule has 0 saturated heterocycles. The van der Waals surface area contributed by atoms with E-state index >= 15 is 0 Å². The number of nitriles is 1. The summed E-state index contributed by atoms with van der Waals surface area (Å²) in [5.41, 5.74) is -0.339. The summed E-state index contributed by atoms with van der Waals surface area (Å²) < 4.78 is 41.6. The zero-order chi connectivity index (χ0) is 23.0. The minimum absolute atomic E-state index is 0.0234. The minimum Gasteiger partial charge on any atom is -0.299 e. The lowest BCUT2D eigenvalue weighted by molar-refractivity contribution is -0.138. The Hall–Kier alpha value is -2.32. The fourth-order valence-corrected chi connectivity index (χ4v) is 5.31. The Morgan fingerprint density at radius 2 is 1.56 bits per heavy atom. The van der Waals surface area contributed by atoms with Crippen molar-refractivity contribution in [2.45, 2.75) is 70.0 Å².